The summed E-state index contributed by atoms with van der Waals surface area (Å²) in [6.07, 6.45) is 3.26. The highest BCUT2D eigenvalue weighted by molar-refractivity contribution is 5.73. The summed E-state index contributed by atoms with van der Waals surface area (Å²) in [6, 6.07) is 8.62. The molecule has 0 bridgehead atoms. The summed E-state index contributed by atoms with van der Waals surface area (Å²) in [6.45, 7) is 3.54. The number of nitrogens with zero attached hydrogens (tertiary/aromatic N) is 3. The molecule has 0 N–H and O–H groups in total. The lowest BCUT2D eigenvalue weighted by Crippen LogP contribution is -2.39. The van der Waals surface area contributed by atoms with Crippen molar-refractivity contribution in [2.75, 3.05) is 13.6 Å². The molecule has 1 aromatic heterocycles. The average Bonchev–Trinajstić information content (AvgIpc) is 2.73. The molecule has 1 aliphatic rings. The van der Waals surface area contributed by atoms with Crippen molar-refractivity contribution < 1.29 is 4.42 Å². The first-order valence-electron chi connectivity index (χ1n) is 7.06. The molecule has 0 unspecified atom stereocenters. The SMILES string of the molecule is Cc1nc2ccc(CN(C)CC3(C#N)CCC3)cc2o1. The summed E-state index contributed by atoms with van der Waals surface area (Å²) in [5, 5.41) is 9.30. The van der Waals surface area contributed by atoms with E-state index >= 15 is 0 Å². The summed E-state index contributed by atoms with van der Waals surface area (Å²) in [5.41, 5.74) is 2.83. The van der Waals surface area contributed by atoms with Crippen LogP contribution < -0.4 is 0 Å². The molecule has 0 spiro atoms. The second-order valence-corrected chi connectivity index (χ2v) is 5.95. The Morgan fingerprint density at radius 2 is 2.25 bits per heavy atom. The summed E-state index contributed by atoms with van der Waals surface area (Å²) < 4.78 is 5.56. The molecule has 1 aromatic carbocycles. The van der Waals surface area contributed by atoms with E-state index in [4.69, 9.17) is 4.42 Å². The van der Waals surface area contributed by atoms with Crippen LogP contribution in [0.4, 0.5) is 0 Å². The van der Waals surface area contributed by atoms with Gasteiger partial charge in [0.05, 0.1) is 11.5 Å². The van der Waals surface area contributed by atoms with Crippen molar-refractivity contribution in [3.8, 4) is 6.07 Å². The average molecular weight is 269 g/mol. The molecule has 20 heavy (non-hydrogen) atoms. The summed E-state index contributed by atoms with van der Waals surface area (Å²) >= 11 is 0. The highest BCUT2D eigenvalue weighted by Crippen LogP contribution is 2.40. The molecule has 0 atom stereocenters. The van der Waals surface area contributed by atoms with Crippen molar-refractivity contribution in [1.82, 2.24) is 9.88 Å². The van der Waals surface area contributed by atoms with Gasteiger partial charge in [-0.2, -0.15) is 5.26 Å². The summed E-state index contributed by atoms with van der Waals surface area (Å²) in [4.78, 5) is 6.53. The fraction of sp³-hybridized carbons (Fsp3) is 0.500. The topological polar surface area (TPSA) is 53.1 Å². The first kappa shape index (κ1) is 13.1. The van der Waals surface area contributed by atoms with E-state index in [1.54, 1.807) is 0 Å². The first-order valence-corrected chi connectivity index (χ1v) is 7.06. The Morgan fingerprint density at radius 3 is 2.90 bits per heavy atom. The molecule has 4 nitrogen and oxygen atoms in total. The number of aromatic nitrogens is 1. The second kappa shape index (κ2) is 4.92. The molecule has 4 heteroatoms. The van der Waals surface area contributed by atoms with E-state index < -0.39 is 0 Å². The maximum Gasteiger partial charge on any atom is 0.192 e. The Balaban J connectivity index is 1.70. The van der Waals surface area contributed by atoms with Gasteiger partial charge in [0.25, 0.3) is 0 Å². The van der Waals surface area contributed by atoms with Crippen molar-refractivity contribution in [1.29, 1.82) is 5.26 Å². The zero-order valence-corrected chi connectivity index (χ0v) is 12.0. The van der Waals surface area contributed by atoms with Gasteiger partial charge in [-0.05, 0) is 37.6 Å². The maximum absolute atomic E-state index is 9.30. The van der Waals surface area contributed by atoms with Crippen LogP contribution in [0.25, 0.3) is 11.1 Å². The lowest BCUT2D eigenvalue weighted by Gasteiger charge is -2.38. The maximum atomic E-state index is 9.30. The number of fused-ring (bicyclic) bond motifs is 1. The molecule has 3 rings (SSSR count). The van der Waals surface area contributed by atoms with Crippen LogP contribution in [0.1, 0.15) is 30.7 Å². The number of nitriles is 1. The number of hydrogen-bond acceptors (Lipinski definition) is 4. The van der Waals surface area contributed by atoms with Crippen molar-refractivity contribution in [2.24, 2.45) is 5.41 Å². The molecule has 1 saturated carbocycles. The van der Waals surface area contributed by atoms with Crippen molar-refractivity contribution in [3.63, 3.8) is 0 Å². The Labute approximate surface area is 119 Å². The second-order valence-electron chi connectivity index (χ2n) is 5.95. The predicted octanol–water partition coefficient (Wildman–Crippen LogP) is 3.26. The number of oxazole rings is 1. The number of aryl methyl sites for hydroxylation is 1. The van der Waals surface area contributed by atoms with Crippen LogP contribution in [0.5, 0.6) is 0 Å². The van der Waals surface area contributed by atoms with Gasteiger partial charge in [0.2, 0.25) is 0 Å². The van der Waals surface area contributed by atoms with Crippen LogP contribution in [0.2, 0.25) is 0 Å². The molecular formula is C16H19N3O. The van der Waals surface area contributed by atoms with Gasteiger partial charge in [-0.15, -0.1) is 0 Å². The van der Waals surface area contributed by atoms with E-state index in [-0.39, 0.29) is 5.41 Å². The van der Waals surface area contributed by atoms with Crippen LogP contribution in [-0.2, 0) is 6.54 Å². The fourth-order valence-electron chi connectivity index (χ4n) is 2.98. The Kier molecular flexibility index (Phi) is 3.23. The highest BCUT2D eigenvalue weighted by atomic mass is 16.3. The molecule has 0 aliphatic heterocycles. The third-order valence-electron chi connectivity index (χ3n) is 4.13. The number of benzene rings is 1. The summed E-state index contributed by atoms with van der Waals surface area (Å²) in [7, 11) is 2.08. The summed E-state index contributed by atoms with van der Waals surface area (Å²) in [5.74, 6) is 0.698. The van der Waals surface area contributed by atoms with Gasteiger partial charge in [0.15, 0.2) is 11.5 Å². The molecule has 1 fully saturated rings. The van der Waals surface area contributed by atoms with Crippen LogP contribution in [0, 0.1) is 23.7 Å². The van der Waals surface area contributed by atoms with Gasteiger partial charge in [0, 0.05) is 20.0 Å². The molecule has 0 amide bonds. The predicted molar refractivity (Wildman–Crippen MR) is 77.0 cm³/mol. The van der Waals surface area contributed by atoms with Crippen LogP contribution >= 0.6 is 0 Å². The van der Waals surface area contributed by atoms with E-state index in [1.165, 1.54) is 12.0 Å². The Hall–Kier alpha value is -1.86. The van der Waals surface area contributed by atoms with E-state index in [0.29, 0.717) is 5.89 Å². The molecule has 1 aliphatic carbocycles. The highest BCUT2D eigenvalue weighted by Gasteiger charge is 2.37. The lowest BCUT2D eigenvalue weighted by molar-refractivity contribution is 0.134. The van der Waals surface area contributed by atoms with Gasteiger partial charge >= 0.3 is 0 Å². The quantitative estimate of drug-likeness (QED) is 0.855. The van der Waals surface area contributed by atoms with E-state index in [1.807, 2.05) is 19.1 Å². The monoisotopic (exact) mass is 269 g/mol. The van der Waals surface area contributed by atoms with Gasteiger partial charge in [-0.3, -0.25) is 0 Å². The minimum Gasteiger partial charge on any atom is -0.441 e. The molecule has 1 heterocycles. The van der Waals surface area contributed by atoms with Gasteiger partial charge in [-0.25, -0.2) is 4.98 Å². The van der Waals surface area contributed by atoms with Crippen LogP contribution in [0.15, 0.2) is 22.6 Å². The first-order chi connectivity index (χ1) is 9.60. The molecule has 0 radical (unpaired) electrons. The fourth-order valence-corrected chi connectivity index (χ4v) is 2.98. The van der Waals surface area contributed by atoms with Crippen LogP contribution in [-0.4, -0.2) is 23.5 Å². The molecule has 0 saturated heterocycles. The third-order valence-corrected chi connectivity index (χ3v) is 4.13. The molecular weight excluding hydrogens is 250 g/mol. The third kappa shape index (κ3) is 2.41. The lowest BCUT2D eigenvalue weighted by atomic mass is 9.69. The normalized spacial score (nSPS) is 17.1. The van der Waals surface area contributed by atoms with E-state index in [9.17, 15) is 5.26 Å². The van der Waals surface area contributed by atoms with Gasteiger partial charge in [-0.1, -0.05) is 12.5 Å². The van der Waals surface area contributed by atoms with Crippen molar-refractivity contribution in [3.05, 3.63) is 29.7 Å². The zero-order chi connectivity index (χ0) is 14.2. The van der Waals surface area contributed by atoms with Crippen LogP contribution in [0.3, 0.4) is 0 Å². The number of hydrogen-bond donors (Lipinski definition) is 0. The molecule has 104 valence electrons. The van der Waals surface area contributed by atoms with E-state index in [0.717, 1.165) is 37.0 Å². The minimum atomic E-state index is -0.109. The van der Waals surface area contributed by atoms with Gasteiger partial charge in [0.1, 0.15) is 5.52 Å². The standard InChI is InChI=1S/C16H19N3O/c1-12-18-14-5-4-13(8-15(14)20-12)9-19(2)11-16(10-17)6-3-7-16/h4-5,8H,3,6-7,9,11H2,1-2H3. The Morgan fingerprint density at radius 1 is 1.45 bits per heavy atom. The van der Waals surface area contributed by atoms with E-state index in [2.05, 4.69) is 29.1 Å². The Bertz CT molecular complexity index is 664. The smallest absolute Gasteiger partial charge is 0.192 e. The minimum absolute atomic E-state index is 0.109. The number of rotatable bonds is 4. The van der Waals surface area contributed by atoms with Crippen molar-refractivity contribution >= 4 is 11.1 Å². The van der Waals surface area contributed by atoms with Crippen molar-refractivity contribution in [2.45, 2.75) is 32.7 Å². The largest absolute Gasteiger partial charge is 0.441 e. The molecule has 2 aromatic rings. The zero-order valence-electron chi connectivity index (χ0n) is 12.0. The van der Waals surface area contributed by atoms with Gasteiger partial charge < -0.3 is 9.32 Å².